The Morgan fingerprint density at radius 1 is 1.64 bits per heavy atom. The second-order valence-corrected chi connectivity index (χ2v) is 2.80. The summed E-state index contributed by atoms with van der Waals surface area (Å²) >= 11 is 0. The summed E-state index contributed by atoms with van der Waals surface area (Å²) in [6, 6.07) is 3.47. The summed E-state index contributed by atoms with van der Waals surface area (Å²) in [6.07, 6.45) is 0.848. The number of pyridine rings is 1. The van der Waals surface area contributed by atoms with E-state index in [1.807, 2.05) is 0 Å². The average Bonchev–Trinajstić information content (AvgIpc) is 2.26. The van der Waals surface area contributed by atoms with E-state index in [0.717, 1.165) is 5.69 Å². The minimum atomic E-state index is -0.755. The van der Waals surface area contributed by atoms with Crippen molar-refractivity contribution in [1.29, 1.82) is 0 Å². The molecule has 3 N–H and O–H groups in total. The van der Waals surface area contributed by atoms with Crippen molar-refractivity contribution in [1.82, 2.24) is 4.98 Å². The molecule has 1 aromatic rings. The van der Waals surface area contributed by atoms with Gasteiger partial charge in [-0.05, 0) is 6.07 Å². The van der Waals surface area contributed by atoms with Gasteiger partial charge in [0, 0.05) is 24.5 Å². The molecule has 1 heterocycles. The summed E-state index contributed by atoms with van der Waals surface area (Å²) < 4.78 is 4.92. The van der Waals surface area contributed by atoms with E-state index in [-0.39, 0.29) is 6.61 Å². The SMILES string of the molecule is COc1cc(NCC(O)CO)ccn1. The van der Waals surface area contributed by atoms with Gasteiger partial charge < -0.3 is 20.3 Å². The third-order valence-corrected chi connectivity index (χ3v) is 1.70. The number of anilines is 1. The number of nitrogens with zero attached hydrogens (tertiary/aromatic N) is 1. The van der Waals surface area contributed by atoms with Gasteiger partial charge in [0.25, 0.3) is 0 Å². The highest BCUT2D eigenvalue weighted by molar-refractivity contribution is 5.44. The number of aliphatic hydroxyl groups excluding tert-OH is 2. The molecule has 5 nitrogen and oxygen atoms in total. The number of ether oxygens (including phenoxy) is 1. The Morgan fingerprint density at radius 2 is 2.43 bits per heavy atom. The molecule has 0 aliphatic heterocycles. The third kappa shape index (κ3) is 3.20. The largest absolute Gasteiger partial charge is 0.481 e. The van der Waals surface area contributed by atoms with Crippen molar-refractivity contribution in [3.05, 3.63) is 18.3 Å². The molecular weight excluding hydrogens is 184 g/mol. The van der Waals surface area contributed by atoms with Gasteiger partial charge in [-0.2, -0.15) is 0 Å². The molecule has 0 amide bonds. The average molecular weight is 198 g/mol. The van der Waals surface area contributed by atoms with Crippen molar-refractivity contribution >= 4 is 5.69 Å². The van der Waals surface area contributed by atoms with Crippen LogP contribution in [0.1, 0.15) is 0 Å². The molecule has 14 heavy (non-hydrogen) atoms. The first-order chi connectivity index (χ1) is 6.76. The number of nitrogens with one attached hydrogen (secondary N) is 1. The van der Waals surface area contributed by atoms with Crippen molar-refractivity contribution < 1.29 is 14.9 Å². The molecule has 0 radical (unpaired) electrons. The summed E-state index contributed by atoms with van der Waals surface area (Å²) in [4.78, 5) is 3.93. The number of rotatable bonds is 5. The van der Waals surface area contributed by atoms with Gasteiger partial charge in [0.1, 0.15) is 0 Å². The maximum Gasteiger partial charge on any atom is 0.214 e. The Kier molecular flexibility index (Phi) is 4.15. The van der Waals surface area contributed by atoms with E-state index in [1.54, 1.807) is 18.3 Å². The topological polar surface area (TPSA) is 74.6 Å². The highest BCUT2D eigenvalue weighted by Crippen LogP contribution is 2.12. The number of hydrogen-bond donors (Lipinski definition) is 3. The van der Waals surface area contributed by atoms with Crippen LogP contribution in [-0.4, -0.2) is 41.6 Å². The molecule has 1 aromatic heterocycles. The molecule has 1 unspecified atom stereocenters. The Labute approximate surface area is 82.4 Å². The van der Waals surface area contributed by atoms with Crippen molar-refractivity contribution in [2.24, 2.45) is 0 Å². The standard InChI is InChI=1S/C9H14N2O3/c1-14-9-4-7(2-3-10-9)11-5-8(13)6-12/h2-4,8,12-13H,5-6H2,1H3,(H,10,11). The summed E-state index contributed by atoms with van der Waals surface area (Å²) in [5.74, 6) is 0.508. The van der Waals surface area contributed by atoms with Crippen LogP contribution in [0.4, 0.5) is 5.69 Å². The zero-order valence-corrected chi connectivity index (χ0v) is 7.97. The van der Waals surface area contributed by atoms with E-state index >= 15 is 0 Å². The second-order valence-electron chi connectivity index (χ2n) is 2.80. The Morgan fingerprint density at radius 3 is 3.07 bits per heavy atom. The lowest BCUT2D eigenvalue weighted by molar-refractivity contribution is 0.105. The van der Waals surface area contributed by atoms with E-state index in [1.165, 1.54) is 7.11 Å². The highest BCUT2D eigenvalue weighted by atomic mass is 16.5. The third-order valence-electron chi connectivity index (χ3n) is 1.70. The molecule has 1 atom stereocenters. The Balaban J connectivity index is 2.50. The van der Waals surface area contributed by atoms with Crippen LogP contribution in [0, 0.1) is 0 Å². The van der Waals surface area contributed by atoms with Gasteiger partial charge in [-0.25, -0.2) is 4.98 Å². The first-order valence-corrected chi connectivity index (χ1v) is 4.29. The summed E-state index contributed by atoms with van der Waals surface area (Å²) in [5.41, 5.74) is 0.796. The summed E-state index contributed by atoms with van der Waals surface area (Å²) in [7, 11) is 1.54. The molecule has 0 aliphatic carbocycles. The second kappa shape index (κ2) is 5.41. The molecule has 0 aromatic carbocycles. The maximum absolute atomic E-state index is 9.09. The predicted molar refractivity (Wildman–Crippen MR) is 52.4 cm³/mol. The molecule has 5 heteroatoms. The van der Waals surface area contributed by atoms with Crippen LogP contribution in [0.15, 0.2) is 18.3 Å². The number of aliphatic hydroxyl groups is 2. The van der Waals surface area contributed by atoms with Crippen molar-refractivity contribution in [2.75, 3.05) is 25.6 Å². The van der Waals surface area contributed by atoms with Gasteiger partial charge in [-0.15, -0.1) is 0 Å². The Hall–Kier alpha value is -1.33. The fraction of sp³-hybridized carbons (Fsp3) is 0.444. The monoisotopic (exact) mass is 198 g/mol. The lowest BCUT2D eigenvalue weighted by Gasteiger charge is -2.10. The zero-order valence-electron chi connectivity index (χ0n) is 7.97. The lowest BCUT2D eigenvalue weighted by atomic mass is 10.3. The van der Waals surface area contributed by atoms with Crippen molar-refractivity contribution in [3.63, 3.8) is 0 Å². The van der Waals surface area contributed by atoms with Gasteiger partial charge in [0.15, 0.2) is 0 Å². The van der Waals surface area contributed by atoms with Crippen LogP contribution >= 0.6 is 0 Å². The van der Waals surface area contributed by atoms with Gasteiger partial charge in [0.2, 0.25) is 5.88 Å². The van der Waals surface area contributed by atoms with Crippen LogP contribution < -0.4 is 10.1 Å². The van der Waals surface area contributed by atoms with Crippen molar-refractivity contribution in [2.45, 2.75) is 6.10 Å². The van der Waals surface area contributed by atoms with E-state index in [9.17, 15) is 0 Å². The fourth-order valence-corrected chi connectivity index (χ4v) is 0.931. The zero-order chi connectivity index (χ0) is 10.4. The fourth-order valence-electron chi connectivity index (χ4n) is 0.931. The molecular formula is C9H14N2O3. The minimum absolute atomic E-state index is 0.255. The first-order valence-electron chi connectivity index (χ1n) is 4.29. The molecule has 0 fully saturated rings. The predicted octanol–water partition coefficient (Wildman–Crippen LogP) is -0.145. The Bertz CT molecular complexity index is 281. The van der Waals surface area contributed by atoms with Gasteiger partial charge in [-0.1, -0.05) is 0 Å². The van der Waals surface area contributed by atoms with Crippen LogP contribution in [-0.2, 0) is 0 Å². The van der Waals surface area contributed by atoms with E-state index in [0.29, 0.717) is 12.4 Å². The molecule has 0 saturated heterocycles. The van der Waals surface area contributed by atoms with Crippen molar-refractivity contribution in [3.8, 4) is 5.88 Å². The highest BCUT2D eigenvalue weighted by Gasteiger charge is 2.01. The van der Waals surface area contributed by atoms with Crippen LogP contribution in [0.3, 0.4) is 0 Å². The normalized spacial score (nSPS) is 12.2. The van der Waals surface area contributed by atoms with Gasteiger partial charge in [0.05, 0.1) is 19.8 Å². The summed E-state index contributed by atoms with van der Waals surface area (Å²) in [6.45, 7) is 0.0406. The van der Waals surface area contributed by atoms with Crippen LogP contribution in [0.5, 0.6) is 5.88 Å². The minimum Gasteiger partial charge on any atom is -0.481 e. The quantitative estimate of drug-likeness (QED) is 0.613. The van der Waals surface area contributed by atoms with Crippen LogP contribution in [0.2, 0.25) is 0 Å². The first kappa shape index (κ1) is 10.7. The molecule has 0 saturated carbocycles. The molecule has 1 rings (SSSR count). The van der Waals surface area contributed by atoms with E-state index < -0.39 is 6.10 Å². The van der Waals surface area contributed by atoms with Gasteiger partial charge in [-0.3, -0.25) is 0 Å². The maximum atomic E-state index is 9.09. The number of methoxy groups -OCH3 is 1. The molecule has 0 aliphatic rings. The summed E-state index contributed by atoms with van der Waals surface area (Å²) in [5, 5.41) is 20.6. The van der Waals surface area contributed by atoms with E-state index in [2.05, 4.69) is 10.3 Å². The van der Waals surface area contributed by atoms with Crippen LogP contribution in [0.25, 0.3) is 0 Å². The molecule has 78 valence electrons. The smallest absolute Gasteiger partial charge is 0.214 e. The number of aromatic nitrogens is 1. The molecule has 0 bridgehead atoms. The lowest BCUT2D eigenvalue weighted by Crippen LogP contribution is -2.22. The van der Waals surface area contributed by atoms with Gasteiger partial charge >= 0.3 is 0 Å². The molecule has 0 spiro atoms. The van der Waals surface area contributed by atoms with E-state index in [4.69, 9.17) is 14.9 Å². The number of hydrogen-bond acceptors (Lipinski definition) is 5.